The van der Waals surface area contributed by atoms with Crippen molar-refractivity contribution in [1.29, 1.82) is 0 Å². The first kappa shape index (κ1) is 23.1. The molecular formula is C16H26N4O4S. The summed E-state index contributed by atoms with van der Waals surface area (Å²) in [6.45, 7) is 1.67. The molecule has 0 aliphatic carbocycles. The molecule has 0 atom stereocenters. The van der Waals surface area contributed by atoms with Gasteiger partial charge in [-0.15, -0.1) is 0 Å². The molecule has 9 heteroatoms. The predicted molar refractivity (Wildman–Crippen MR) is 98.8 cm³/mol. The maximum atomic E-state index is 8.74. The highest BCUT2D eigenvalue weighted by Crippen LogP contribution is 1.98. The Kier molecular flexibility index (Phi) is 13.4. The molecule has 0 aliphatic heterocycles. The van der Waals surface area contributed by atoms with Gasteiger partial charge in [-0.25, -0.2) is 0 Å². The number of benzene rings is 2. The van der Waals surface area contributed by atoms with Gasteiger partial charge in [-0.05, 0) is 24.0 Å². The maximum absolute atomic E-state index is 8.74. The van der Waals surface area contributed by atoms with Gasteiger partial charge in [-0.1, -0.05) is 60.7 Å². The highest BCUT2D eigenvalue weighted by atomic mass is 32.3. The van der Waals surface area contributed by atoms with Crippen molar-refractivity contribution in [3.8, 4) is 0 Å². The minimum atomic E-state index is -4.67. The van der Waals surface area contributed by atoms with E-state index in [1.54, 1.807) is 0 Å². The van der Waals surface area contributed by atoms with Crippen LogP contribution in [0.2, 0.25) is 0 Å². The molecule has 0 spiro atoms. The van der Waals surface area contributed by atoms with Crippen LogP contribution < -0.4 is 22.5 Å². The Morgan fingerprint density at radius 1 is 0.720 bits per heavy atom. The van der Waals surface area contributed by atoms with Gasteiger partial charge >= 0.3 is 10.4 Å². The maximum Gasteiger partial charge on any atom is 0.394 e. The average molecular weight is 370 g/mol. The van der Waals surface area contributed by atoms with Crippen LogP contribution in [0.25, 0.3) is 0 Å². The van der Waals surface area contributed by atoms with Gasteiger partial charge in [0, 0.05) is 13.1 Å². The van der Waals surface area contributed by atoms with E-state index < -0.39 is 10.4 Å². The van der Waals surface area contributed by atoms with Crippen LogP contribution in [0.3, 0.4) is 0 Å². The molecule has 2 rings (SSSR count). The van der Waals surface area contributed by atoms with Crippen LogP contribution in [-0.2, 0) is 23.2 Å². The Balaban J connectivity index is 0.000000368. The lowest BCUT2D eigenvalue weighted by molar-refractivity contribution is 0.381. The van der Waals surface area contributed by atoms with E-state index in [4.69, 9.17) is 29.2 Å². The molecule has 140 valence electrons. The zero-order valence-electron chi connectivity index (χ0n) is 13.9. The largest absolute Gasteiger partial charge is 0.394 e. The topological polar surface area (TPSA) is 151 Å². The van der Waals surface area contributed by atoms with Gasteiger partial charge in [0.1, 0.15) is 0 Å². The van der Waals surface area contributed by atoms with Crippen molar-refractivity contribution in [2.24, 2.45) is 11.7 Å². The van der Waals surface area contributed by atoms with Crippen LogP contribution >= 0.6 is 0 Å². The van der Waals surface area contributed by atoms with Gasteiger partial charge in [0.05, 0.1) is 0 Å². The lowest BCUT2D eigenvalue weighted by atomic mass is 10.2. The van der Waals surface area contributed by atoms with Gasteiger partial charge in [-0.3, -0.25) is 31.6 Å². The van der Waals surface area contributed by atoms with Crippen LogP contribution in [-0.4, -0.2) is 30.6 Å². The lowest BCUT2D eigenvalue weighted by Crippen LogP contribution is -2.24. The van der Waals surface area contributed by atoms with E-state index in [2.05, 4.69) is 35.1 Å². The van der Waals surface area contributed by atoms with Crippen LogP contribution in [0, 0.1) is 0 Å². The number of nitrogens with two attached hydrogens (primary N) is 2. The number of hydrogen-bond donors (Lipinski definition) is 6. The zero-order valence-corrected chi connectivity index (χ0v) is 14.7. The molecule has 0 heterocycles. The molecule has 0 saturated heterocycles. The molecule has 2 aromatic carbocycles. The molecule has 0 radical (unpaired) electrons. The lowest BCUT2D eigenvalue weighted by Gasteiger charge is -1.97. The minimum Gasteiger partial charge on any atom is -0.271 e. The molecule has 25 heavy (non-hydrogen) atoms. The predicted octanol–water partition coefficient (Wildman–Crippen LogP) is 0.732. The normalized spacial score (nSPS) is 10.1. The summed E-state index contributed by atoms with van der Waals surface area (Å²) in [5, 5.41) is 0. The van der Waals surface area contributed by atoms with Crippen molar-refractivity contribution >= 4 is 10.4 Å². The summed E-state index contributed by atoms with van der Waals surface area (Å²) in [5.74, 6) is 10.3. The van der Waals surface area contributed by atoms with E-state index in [1.165, 1.54) is 11.1 Å². The first-order valence-electron chi connectivity index (χ1n) is 7.51. The average Bonchev–Trinajstić information content (AvgIpc) is 2.59. The zero-order chi connectivity index (χ0) is 19.0. The number of hydrazine groups is 2. The Hall–Kier alpha value is -1.85. The van der Waals surface area contributed by atoms with Crippen molar-refractivity contribution < 1.29 is 17.5 Å². The quantitative estimate of drug-likeness (QED) is 0.247. The summed E-state index contributed by atoms with van der Waals surface area (Å²) in [6.07, 6.45) is 1.99. The van der Waals surface area contributed by atoms with Crippen molar-refractivity contribution in [2.45, 2.75) is 12.8 Å². The fourth-order valence-electron chi connectivity index (χ4n) is 1.72. The third-order valence-corrected chi connectivity index (χ3v) is 2.80. The van der Waals surface area contributed by atoms with Gasteiger partial charge < -0.3 is 0 Å². The minimum absolute atomic E-state index is 0.837. The number of hydrogen-bond acceptors (Lipinski definition) is 6. The Bertz CT molecular complexity index is 588. The van der Waals surface area contributed by atoms with E-state index in [0.717, 1.165) is 25.9 Å². The molecule has 0 fully saturated rings. The van der Waals surface area contributed by atoms with Gasteiger partial charge in [0.25, 0.3) is 0 Å². The summed E-state index contributed by atoms with van der Waals surface area (Å²) in [4.78, 5) is 0. The van der Waals surface area contributed by atoms with Crippen molar-refractivity contribution in [3.05, 3.63) is 71.8 Å². The Morgan fingerprint density at radius 3 is 1.24 bits per heavy atom. The number of nitrogens with one attached hydrogen (secondary N) is 2. The molecule has 0 aromatic heterocycles. The van der Waals surface area contributed by atoms with E-state index in [9.17, 15) is 0 Å². The Morgan fingerprint density at radius 2 is 1.00 bits per heavy atom. The van der Waals surface area contributed by atoms with Crippen LogP contribution in [0.4, 0.5) is 0 Å². The van der Waals surface area contributed by atoms with E-state index in [1.807, 2.05) is 36.4 Å². The smallest absolute Gasteiger partial charge is 0.271 e. The van der Waals surface area contributed by atoms with Gasteiger partial charge in [-0.2, -0.15) is 8.42 Å². The molecule has 0 amide bonds. The summed E-state index contributed by atoms with van der Waals surface area (Å²) < 4.78 is 31.6. The van der Waals surface area contributed by atoms with Crippen LogP contribution in [0.1, 0.15) is 11.1 Å². The highest BCUT2D eigenvalue weighted by molar-refractivity contribution is 7.79. The van der Waals surface area contributed by atoms with Crippen molar-refractivity contribution in [1.82, 2.24) is 10.9 Å². The Labute approximate surface area is 148 Å². The molecule has 8 N–H and O–H groups in total. The second-order valence-electron chi connectivity index (χ2n) is 4.83. The summed E-state index contributed by atoms with van der Waals surface area (Å²) in [7, 11) is -4.67. The molecule has 0 bridgehead atoms. The molecule has 0 aliphatic rings. The summed E-state index contributed by atoms with van der Waals surface area (Å²) >= 11 is 0. The van der Waals surface area contributed by atoms with E-state index in [-0.39, 0.29) is 0 Å². The summed E-state index contributed by atoms with van der Waals surface area (Å²) in [6, 6.07) is 20.5. The molecule has 8 nitrogen and oxygen atoms in total. The second-order valence-corrected chi connectivity index (χ2v) is 5.72. The fourth-order valence-corrected chi connectivity index (χ4v) is 1.72. The summed E-state index contributed by atoms with van der Waals surface area (Å²) in [5.41, 5.74) is 7.87. The molecule has 0 unspecified atom stereocenters. The second kappa shape index (κ2) is 14.5. The molecule has 2 aromatic rings. The first-order valence-corrected chi connectivity index (χ1v) is 8.91. The van der Waals surface area contributed by atoms with Crippen LogP contribution in [0.5, 0.6) is 0 Å². The monoisotopic (exact) mass is 370 g/mol. The van der Waals surface area contributed by atoms with Crippen molar-refractivity contribution in [2.75, 3.05) is 13.1 Å². The standard InChI is InChI=1S/2C8H12N2.H2O4S/c2*9-10-7-6-8-4-2-1-3-5-8;1-5(2,3)4/h2*1-5,10H,6-7,9H2;(H2,1,2,3,4). The van der Waals surface area contributed by atoms with Gasteiger partial charge in [0.15, 0.2) is 0 Å². The first-order chi connectivity index (χ1) is 11.9. The van der Waals surface area contributed by atoms with E-state index >= 15 is 0 Å². The number of rotatable bonds is 6. The van der Waals surface area contributed by atoms with Crippen molar-refractivity contribution in [3.63, 3.8) is 0 Å². The van der Waals surface area contributed by atoms with Gasteiger partial charge in [0.2, 0.25) is 0 Å². The van der Waals surface area contributed by atoms with Crippen LogP contribution in [0.15, 0.2) is 60.7 Å². The fraction of sp³-hybridized carbons (Fsp3) is 0.250. The third-order valence-electron chi connectivity index (χ3n) is 2.80. The highest BCUT2D eigenvalue weighted by Gasteiger charge is 1.88. The molecule has 0 saturated carbocycles. The third kappa shape index (κ3) is 18.3. The van der Waals surface area contributed by atoms with E-state index in [0.29, 0.717) is 0 Å². The molecular weight excluding hydrogens is 344 g/mol. The SMILES string of the molecule is NNCCc1ccccc1.NNCCc1ccccc1.O=S(=O)(O)O.